The molecule has 15 nitrogen and oxygen atoms in total. The molecule has 15 heteroatoms. The van der Waals surface area contributed by atoms with Gasteiger partial charge in [0.15, 0.2) is 6.29 Å². The van der Waals surface area contributed by atoms with Crippen LogP contribution in [0.3, 0.4) is 0 Å². The summed E-state index contributed by atoms with van der Waals surface area (Å²) in [5.74, 6) is -0.455. The van der Waals surface area contributed by atoms with Crippen molar-refractivity contribution >= 4 is 28.4 Å². The van der Waals surface area contributed by atoms with Crippen molar-refractivity contribution in [3.8, 4) is 6.07 Å². The number of nitriles is 1. The fourth-order valence-corrected chi connectivity index (χ4v) is 5.89. The topological polar surface area (TPSA) is 194 Å². The lowest BCUT2D eigenvalue weighted by molar-refractivity contribution is -0.292. The van der Waals surface area contributed by atoms with E-state index < -0.39 is 36.6 Å². The molecular weight excluding hydrogens is 648 g/mol. The number of nitrogens with zero attached hydrogens (tertiary/aromatic N) is 5. The van der Waals surface area contributed by atoms with E-state index in [0.717, 1.165) is 29.4 Å². The fraction of sp³-hybridized carbons (Fsp3) is 0.543. The smallest absolute Gasteiger partial charge is 0.262 e. The molecule has 0 spiro atoms. The van der Waals surface area contributed by atoms with Gasteiger partial charge in [-0.2, -0.15) is 5.26 Å². The van der Waals surface area contributed by atoms with E-state index in [1.54, 1.807) is 12.3 Å². The zero-order valence-electron chi connectivity index (χ0n) is 28.2. The van der Waals surface area contributed by atoms with Crippen LogP contribution in [0.4, 0.5) is 5.69 Å². The molecule has 1 aromatic heterocycles. The van der Waals surface area contributed by atoms with Crippen LogP contribution in [0.15, 0.2) is 48.2 Å². The molecule has 0 aliphatic carbocycles. The van der Waals surface area contributed by atoms with Crippen LogP contribution in [-0.4, -0.2) is 127 Å². The maximum atomic E-state index is 12.6. The average molecular weight is 695 g/mol. The van der Waals surface area contributed by atoms with Crippen molar-refractivity contribution in [3.63, 3.8) is 0 Å². The number of aliphatic hydroxyl groups is 3. The molecule has 3 aromatic rings. The molecule has 5 rings (SSSR count). The van der Waals surface area contributed by atoms with Crippen LogP contribution < -0.4 is 10.2 Å². The lowest BCUT2D eigenvalue weighted by Crippen LogP contribution is -2.58. The number of rotatable bonds is 17. The largest absolute Gasteiger partial charge is 0.388 e. The monoisotopic (exact) mass is 694 g/mol. The predicted molar refractivity (Wildman–Crippen MR) is 182 cm³/mol. The minimum atomic E-state index is -1.41. The van der Waals surface area contributed by atoms with Crippen LogP contribution in [-0.2, 0) is 41.6 Å². The summed E-state index contributed by atoms with van der Waals surface area (Å²) in [7, 11) is 1.34. The molecule has 2 aliphatic heterocycles. The van der Waals surface area contributed by atoms with Crippen molar-refractivity contribution < 1.29 is 43.8 Å². The van der Waals surface area contributed by atoms with Crippen molar-refractivity contribution in [1.82, 2.24) is 20.3 Å². The Hall–Kier alpha value is -3.98. The highest BCUT2D eigenvalue weighted by Gasteiger charge is 2.44. The van der Waals surface area contributed by atoms with Crippen molar-refractivity contribution in [1.29, 1.82) is 5.26 Å². The molecule has 270 valence electrons. The third-order valence-corrected chi connectivity index (χ3v) is 8.63. The summed E-state index contributed by atoms with van der Waals surface area (Å²) >= 11 is 0. The van der Waals surface area contributed by atoms with Crippen molar-refractivity contribution in [2.75, 3.05) is 64.7 Å². The number of hydrogen-bond donors (Lipinski definition) is 4. The summed E-state index contributed by atoms with van der Waals surface area (Å²) in [5, 5.41) is 52.7. The minimum absolute atomic E-state index is 0.0259. The van der Waals surface area contributed by atoms with Gasteiger partial charge in [-0.25, -0.2) is 4.68 Å². The summed E-state index contributed by atoms with van der Waals surface area (Å²) in [6.45, 7) is 4.28. The Morgan fingerprint density at radius 1 is 0.980 bits per heavy atom. The van der Waals surface area contributed by atoms with Gasteiger partial charge in [-0.05, 0) is 59.9 Å². The van der Waals surface area contributed by atoms with Gasteiger partial charge in [0, 0.05) is 32.4 Å². The van der Waals surface area contributed by atoms with Gasteiger partial charge in [0.2, 0.25) is 0 Å². The molecule has 5 atom stereocenters. The van der Waals surface area contributed by atoms with E-state index in [1.807, 2.05) is 24.3 Å². The summed E-state index contributed by atoms with van der Waals surface area (Å²) < 4.78 is 28.6. The second-order valence-corrected chi connectivity index (χ2v) is 12.2. The predicted octanol–water partition coefficient (Wildman–Crippen LogP) is 1.15. The number of benzene rings is 2. The number of hydrogen-bond acceptors (Lipinski definition) is 13. The highest BCUT2D eigenvalue weighted by molar-refractivity contribution is 6.02. The summed E-state index contributed by atoms with van der Waals surface area (Å²) in [5.41, 5.74) is 2.60. The van der Waals surface area contributed by atoms with Gasteiger partial charge >= 0.3 is 0 Å². The summed E-state index contributed by atoms with van der Waals surface area (Å²) in [4.78, 5) is 15.0. The van der Waals surface area contributed by atoms with Crippen LogP contribution in [0, 0.1) is 11.3 Å². The molecule has 50 heavy (non-hydrogen) atoms. The molecule has 0 saturated carbocycles. The van der Waals surface area contributed by atoms with E-state index in [2.05, 4.69) is 38.7 Å². The van der Waals surface area contributed by atoms with E-state index in [4.69, 9.17) is 23.7 Å². The number of piperidine rings is 1. The van der Waals surface area contributed by atoms with Crippen molar-refractivity contribution in [2.24, 2.45) is 0 Å². The van der Waals surface area contributed by atoms with Crippen LogP contribution in [0.25, 0.3) is 16.8 Å². The first-order chi connectivity index (χ1) is 24.4. The highest BCUT2D eigenvalue weighted by Crippen LogP contribution is 2.26. The Morgan fingerprint density at radius 2 is 1.70 bits per heavy atom. The number of nitrogens with one attached hydrogen (secondary N) is 1. The molecule has 3 heterocycles. The van der Waals surface area contributed by atoms with Gasteiger partial charge in [-0.3, -0.25) is 4.79 Å². The maximum absolute atomic E-state index is 12.6. The molecule has 2 fully saturated rings. The fourth-order valence-electron chi connectivity index (χ4n) is 5.89. The van der Waals surface area contributed by atoms with E-state index in [1.165, 1.54) is 36.7 Å². The van der Waals surface area contributed by atoms with Gasteiger partial charge in [0.1, 0.15) is 41.8 Å². The quantitative estimate of drug-likeness (QED) is 0.0894. The number of fused-ring (bicyclic) bond motifs is 1. The molecule has 0 bridgehead atoms. The Bertz CT molecular complexity index is 1600. The lowest BCUT2D eigenvalue weighted by atomic mass is 9.99. The van der Waals surface area contributed by atoms with Gasteiger partial charge in [0.05, 0.1) is 52.4 Å². The van der Waals surface area contributed by atoms with E-state index in [9.17, 15) is 25.4 Å². The van der Waals surface area contributed by atoms with Crippen LogP contribution in [0.5, 0.6) is 0 Å². The molecule has 2 aromatic carbocycles. The molecule has 1 amide bonds. The summed E-state index contributed by atoms with van der Waals surface area (Å²) in [6.07, 6.45) is 0.944. The standard InChI is InChI=1S/C35H46N6O9/c1-46-35-33(44)32(43)31(42)30(50-35)22-41-21-28(38-39-41)23-49-16-15-48-14-13-47-12-9-37-34(45)27(20-36)18-24-5-6-26-19-29(8-7-25(26)17-24)40-10-3-2-4-11-40/h5-8,17-19,21,30-33,35,42-44H,2-4,9-16,22-23H2,1H3,(H,37,45)/b27-18-. The average Bonchev–Trinajstić information content (AvgIpc) is 3.59. The maximum Gasteiger partial charge on any atom is 0.262 e. The number of carbonyl (C=O) groups is 1. The Balaban J connectivity index is 0.920. The third kappa shape index (κ3) is 10.3. The SMILES string of the molecule is COC1OC(Cn2cc(COCCOCCOCCNC(=O)/C(C#N)=C\c3ccc4cc(N5CCCCC5)ccc4c3)nn2)C(O)C(O)C1O. The normalized spacial score (nSPS) is 22.8. The second kappa shape index (κ2) is 18.9. The van der Waals surface area contributed by atoms with Gasteiger partial charge in [-0.15, -0.1) is 5.10 Å². The minimum Gasteiger partial charge on any atom is -0.388 e. The van der Waals surface area contributed by atoms with Crippen LogP contribution in [0.2, 0.25) is 0 Å². The van der Waals surface area contributed by atoms with E-state index in [-0.39, 0.29) is 31.9 Å². The van der Waals surface area contributed by atoms with Crippen molar-refractivity contribution in [3.05, 3.63) is 59.4 Å². The first kappa shape index (κ1) is 37.3. The highest BCUT2D eigenvalue weighted by atomic mass is 16.7. The first-order valence-electron chi connectivity index (χ1n) is 16.9. The molecule has 5 unspecified atom stereocenters. The number of aliphatic hydroxyl groups excluding tert-OH is 3. The zero-order valence-corrected chi connectivity index (χ0v) is 28.2. The van der Waals surface area contributed by atoms with Crippen LogP contribution in [0.1, 0.15) is 30.5 Å². The van der Waals surface area contributed by atoms with E-state index in [0.29, 0.717) is 32.1 Å². The van der Waals surface area contributed by atoms with Crippen molar-refractivity contribution in [2.45, 2.75) is 63.1 Å². The van der Waals surface area contributed by atoms with Crippen LogP contribution >= 0.6 is 0 Å². The number of aromatic nitrogens is 3. The number of amides is 1. The Labute approximate surface area is 290 Å². The lowest BCUT2D eigenvalue weighted by Gasteiger charge is -2.39. The summed E-state index contributed by atoms with van der Waals surface area (Å²) in [6, 6.07) is 14.4. The molecular formula is C35H46N6O9. The number of ether oxygens (including phenoxy) is 5. The van der Waals surface area contributed by atoms with E-state index >= 15 is 0 Å². The Morgan fingerprint density at radius 3 is 2.46 bits per heavy atom. The van der Waals surface area contributed by atoms with Gasteiger partial charge < -0.3 is 49.2 Å². The number of methoxy groups -OCH3 is 1. The molecule has 2 aliphatic rings. The first-order valence-corrected chi connectivity index (χ1v) is 16.9. The van der Waals surface area contributed by atoms with Gasteiger partial charge in [0.25, 0.3) is 5.91 Å². The zero-order chi connectivity index (χ0) is 35.3. The third-order valence-electron chi connectivity index (χ3n) is 8.63. The Kier molecular flexibility index (Phi) is 14.1. The molecule has 2 saturated heterocycles. The van der Waals surface area contributed by atoms with Gasteiger partial charge in [-0.1, -0.05) is 23.4 Å². The second-order valence-electron chi connectivity index (χ2n) is 12.2. The molecule has 4 N–H and O–H groups in total. The number of anilines is 1. The number of carbonyl (C=O) groups excluding carboxylic acids is 1. The molecule has 0 radical (unpaired) electrons.